The highest BCUT2D eigenvalue weighted by Gasteiger charge is 2.37. The maximum atomic E-state index is 13.4. The van der Waals surface area contributed by atoms with Gasteiger partial charge in [-0.2, -0.15) is 18.3 Å². The minimum atomic E-state index is -4.57. The van der Waals surface area contributed by atoms with Crippen molar-refractivity contribution in [1.82, 2.24) is 29.8 Å². The Kier molecular flexibility index (Phi) is 4.31. The Bertz CT molecular complexity index is 1040. The highest BCUT2D eigenvalue weighted by Crippen LogP contribution is 2.34. The molecule has 4 heterocycles. The molecule has 1 amide bonds. The predicted molar refractivity (Wildman–Crippen MR) is 89.4 cm³/mol. The van der Waals surface area contributed by atoms with Crippen molar-refractivity contribution in [3.05, 3.63) is 40.6 Å². The molecule has 3 aromatic heterocycles. The number of alkyl halides is 3. The summed E-state index contributed by atoms with van der Waals surface area (Å²) >= 11 is 0. The molecule has 0 aliphatic carbocycles. The number of carbonyl (C=O) groups excluding carboxylic acids is 1. The van der Waals surface area contributed by atoms with E-state index in [1.807, 2.05) is 0 Å². The molecule has 1 aliphatic rings. The van der Waals surface area contributed by atoms with E-state index in [9.17, 15) is 18.0 Å². The van der Waals surface area contributed by atoms with E-state index in [0.29, 0.717) is 24.4 Å². The second-order valence-corrected chi connectivity index (χ2v) is 6.83. The molecule has 1 saturated heterocycles. The zero-order chi connectivity index (χ0) is 20.1. The number of aryl methyl sites for hydroxylation is 2. The first-order valence-electron chi connectivity index (χ1n) is 8.80. The smallest absolute Gasteiger partial charge is 0.328 e. The Morgan fingerprint density at radius 2 is 2.00 bits per heavy atom. The Morgan fingerprint density at radius 3 is 2.68 bits per heavy atom. The van der Waals surface area contributed by atoms with Gasteiger partial charge in [0.1, 0.15) is 11.4 Å². The normalized spacial score (nSPS) is 18.0. The first-order chi connectivity index (χ1) is 13.3. The van der Waals surface area contributed by atoms with Crippen molar-refractivity contribution in [1.29, 1.82) is 0 Å². The summed E-state index contributed by atoms with van der Waals surface area (Å²) in [6, 6.07) is 1.99. The lowest BCUT2D eigenvalue weighted by molar-refractivity contribution is -0.142. The molecule has 148 valence electrons. The molecule has 28 heavy (non-hydrogen) atoms. The molecule has 0 spiro atoms. The van der Waals surface area contributed by atoms with Gasteiger partial charge in [-0.25, -0.2) is 14.1 Å². The topological polar surface area (TPSA) is 89.4 Å². The first-order valence-corrected chi connectivity index (χ1v) is 8.80. The van der Waals surface area contributed by atoms with E-state index >= 15 is 0 Å². The van der Waals surface area contributed by atoms with Gasteiger partial charge in [-0.1, -0.05) is 5.16 Å². The van der Waals surface area contributed by atoms with Gasteiger partial charge in [0.2, 0.25) is 0 Å². The number of hydrogen-bond donors (Lipinski definition) is 0. The fourth-order valence-corrected chi connectivity index (χ4v) is 3.53. The molecule has 4 rings (SSSR count). The SMILES string of the molecule is Cc1cc(C(F)(F)F)n2nc([C@@H]3CCCCN3C(=O)c3nonc3C)cc2n1. The molecule has 1 atom stereocenters. The van der Waals surface area contributed by atoms with Crippen molar-refractivity contribution in [2.75, 3.05) is 6.54 Å². The highest BCUT2D eigenvalue weighted by atomic mass is 19.4. The van der Waals surface area contributed by atoms with Crippen molar-refractivity contribution < 1.29 is 22.6 Å². The van der Waals surface area contributed by atoms with Crippen molar-refractivity contribution in [2.24, 2.45) is 0 Å². The first kappa shape index (κ1) is 18.4. The molecular weight excluding hydrogens is 377 g/mol. The number of rotatable bonds is 2. The van der Waals surface area contributed by atoms with Crippen LogP contribution in [0.3, 0.4) is 0 Å². The minimum Gasteiger partial charge on any atom is -0.328 e. The number of nitrogens with zero attached hydrogens (tertiary/aromatic N) is 6. The summed E-state index contributed by atoms with van der Waals surface area (Å²) in [6.45, 7) is 3.55. The minimum absolute atomic E-state index is 0.0968. The van der Waals surface area contributed by atoms with Crippen LogP contribution in [0.4, 0.5) is 13.2 Å². The van der Waals surface area contributed by atoms with Crippen LogP contribution in [-0.2, 0) is 6.18 Å². The molecule has 0 radical (unpaired) electrons. The van der Waals surface area contributed by atoms with Crippen LogP contribution in [-0.4, -0.2) is 42.3 Å². The van der Waals surface area contributed by atoms with Crippen LogP contribution in [0.5, 0.6) is 0 Å². The van der Waals surface area contributed by atoms with E-state index in [1.54, 1.807) is 11.8 Å². The lowest BCUT2D eigenvalue weighted by atomic mass is 9.99. The maximum absolute atomic E-state index is 13.4. The number of aromatic nitrogens is 5. The number of fused-ring (bicyclic) bond motifs is 1. The van der Waals surface area contributed by atoms with Crippen LogP contribution < -0.4 is 0 Å². The van der Waals surface area contributed by atoms with Crippen LogP contribution in [0.25, 0.3) is 5.65 Å². The van der Waals surface area contributed by atoms with Gasteiger partial charge in [0.05, 0.1) is 11.7 Å². The largest absolute Gasteiger partial charge is 0.433 e. The van der Waals surface area contributed by atoms with Gasteiger partial charge >= 0.3 is 6.18 Å². The van der Waals surface area contributed by atoms with Gasteiger partial charge in [0.25, 0.3) is 5.91 Å². The summed E-state index contributed by atoms with van der Waals surface area (Å²) in [5.41, 5.74) is 0.269. The molecule has 0 saturated carbocycles. The van der Waals surface area contributed by atoms with Crippen LogP contribution in [0.15, 0.2) is 16.8 Å². The predicted octanol–water partition coefficient (Wildman–Crippen LogP) is 3.12. The standard InChI is InChI=1S/C17H17F3N6O2/c1-9-7-13(17(18,19)20)26-14(21-9)8-11(22-26)12-5-3-4-6-25(12)16(27)15-10(2)23-28-24-15/h7-8,12H,3-6H2,1-2H3/t12-/m0/s1. The van der Waals surface area contributed by atoms with E-state index in [-0.39, 0.29) is 22.9 Å². The third-order valence-corrected chi connectivity index (χ3v) is 4.82. The third-order valence-electron chi connectivity index (χ3n) is 4.82. The highest BCUT2D eigenvalue weighted by molar-refractivity contribution is 5.93. The molecule has 3 aromatic rings. The number of carbonyl (C=O) groups is 1. The number of hydrogen-bond acceptors (Lipinski definition) is 6. The van der Waals surface area contributed by atoms with E-state index in [1.165, 1.54) is 13.0 Å². The second kappa shape index (κ2) is 6.57. The van der Waals surface area contributed by atoms with E-state index in [0.717, 1.165) is 23.4 Å². The summed E-state index contributed by atoms with van der Waals surface area (Å²) < 4.78 is 45.6. The third kappa shape index (κ3) is 3.10. The summed E-state index contributed by atoms with van der Waals surface area (Å²) in [4.78, 5) is 18.6. The van der Waals surface area contributed by atoms with Gasteiger partial charge in [0.15, 0.2) is 11.3 Å². The van der Waals surface area contributed by atoms with Crippen LogP contribution in [0.1, 0.15) is 58.6 Å². The summed E-state index contributed by atoms with van der Waals surface area (Å²) in [5.74, 6) is -0.374. The molecular formula is C17H17F3N6O2. The lowest BCUT2D eigenvalue weighted by Crippen LogP contribution is -2.39. The van der Waals surface area contributed by atoms with Crippen LogP contribution >= 0.6 is 0 Å². The van der Waals surface area contributed by atoms with Gasteiger partial charge < -0.3 is 4.90 Å². The monoisotopic (exact) mass is 394 g/mol. The average molecular weight is 394 g/mol. The Hall–Kier alpha value is -2.98. The quantitative estimate of drug-likeness (QED) is 0.664. The fourth-order valence-electron chi connectivity index (χ4n) is 3.53. The number of amides is 1. The Labute approximate surface area is 157 Å². The van der Waals surface area contributed by atoms with E-state index < -0.39 is 17.9 Å². The van der Waals surface area contributed by atoms with Crippen molar-refractivity contribution in [2.45, 2.75) is 45.3 Å². The summed E-state index contributed by atoms with van der Waals surface area (Å²) in [5, 5.41) is 11.4. The zero-order valence-corrected chi connectivity index (χ0v) is 15.2. The second-order valence-electron chi connectivity index (χ2n) is 6.83. The van der Waals surface area contributed by atoms with Crippen molar-refractivity contribution in [3.63, 3.8) is 0 Å². The number of piperidine rings is 1. The molecule has 8 nitrogen and oxygen atoms in total. The fraction of sp³-hybridized carbons (Fsp3) is 0.471. The molecule has 0 N–H and O–H groups in total. The zero-order valence-electron chi connectivity index (χ0n) is 15.2. The van der Waals surface area contributed by atoms with Gasteiger partial charge in [-0.15, -0.1) is 0 Å². The van der Waals surface area contributed by atoms with E-state index in [2.05, 4.69) is 25.0 Å². The van der Waals surface area contributed by atoms with Crippen molar-refractivity contribution in [3.8, 4) is 0 Å². The molecule has 0 bridgehead atoms. The molecule has 1 aliphatic heterocycles. The molecule has 0 unspecified atom stereocenters. The number of likely N-dealkylation sites (tertiary alicyclic amines) is 1. The van der Waals surface area contributed by atoms with E-state index in [4.69, 9.17) is 0 Å². The van der Waals surface area contributed by atoms with Crippen molar-refractivity contribution >= 4 is 11.6 Å². The lowest BCUT2D eigenvalue weighted by Gasteiger charge is -2.34. The summed E-state index contributed by atoms with van der Waals surface area (Å²) in [6.07, 6.45) is -2.37. The molecule has 0 aromatic carbocycles. The Balaban J connectivity index is 1.77. The maximum Gasteiger partial charge on any atom is 0.433 e. The van der Waals surface area contributed by atoms with Gasteiger partial charge in [0, 0.05) is 18.3 Å². The average Bonchev–Trinajstić information content (AvgIpc) is 3.25. The van der Waals surface area contributed by atoms with Gasteiger partial charge in [-0.3, -0.25) is 4.79 Å². The Morgan fingerprint density at radius 1 is 1.21 bits per heavy atom. The van der Waals surface area contributed by atoms with Crippen LogP contribution in [0, 0.1) is 13.8 Å². The molecule has 11 heteroatoms. The number of halogens is 3. The molecule has 1 fully saturated rings. The van der Waals surface area contributed by atoms with Crippen LogP contribution in [0.2, 0.25) is 0 Å². The van der Waals surface area contributed by atoms with Gasteiger partial charge in [-0.05, 0) is 44.3 Å². The summed E-state index contributed by atoms with van der Waals surface area (Å²) in [7, 11) is 0.